The minimum Gasteiger partial charge on any atom is -0.326 e. The average Bonchev–Trinajstić information content (AvgIpc) is 3.00. The zero-order chi connectivity index (χ0) is 15.9. The molecule has 0 spiro atoms. The van der Waals surface area contributed by atoms with Crippen LogP contribution in [0, 0.1) is 5.92 Å². The van der Waals surface area contributed by atoms with Gasteiger partial charge in [0.15, 0.2) is 0 Å². The summed E-state index contributed by atoms with van der Waals surface area (Å²) in [6.07, 6.45) is 1.22. The lowest BCUT2D eigenvalue weighted by Crippen LogP contribution is -2.17. The first-order valence-corrected chi connectivity index (χ1v) is 8.15. The van der Waals surface area contributed by atoms with Gasteiger partial charge in [-0.3, -0.25) is 9.59 Å². The highest BCUT2D eigenvalue weighted by atomic mass is 32.1. The molecule has 0 saturated carbocycles. The first-order valence-electron chi connectivity index (χ1n) is 7.28. The van der Waals surface area contributed by atoms with Crippen molar-refractivity contribution in [3.63, 3.8) is 0 Å². The van der Waals surface area contributed by atoms with Crippen molar-refractivity contribution >= 4 is 34.5 Å². The third kappa shape index (κ3) is 5.00. The number of thiophene rings is 1. The molecule has 0 aliphatic rings. The van der Waals surface area contributed by atoms with E-state index in [9.17, 15) is 9.59 Å². The summed E-state index contributed by atoms with van der Waals surface area (Å²) in [6.45, 7) is 3.69. The Kier molecular flexibility index (Phi) is 5.72. The minimum absolute atomic E-state index is 0.00707. The van der Waals surface area contributed by atoms with Crippen LogP contribution in [-0.2, 0) is 16.0 Å². The van der Waals surface area contributed by atoms with Crippen LogP contribution < -0.4 is 10.6 Å². The van der Waals surface area contributed by atoms with E-state index in [1.807, 2.05) is 31.4 Å². The SMILES string of the molecule is CC(C)C(=O)Nc1ccc(NC(=O)CCc2cccs2)cc1. The molecule has 116 valence electrons. The number of benzene rings is 1. The fraction of sp³-hybridized carbons (Fsp3) is 0.294. The van der Waals surface area contributed by atoms with Crippen LogP contribution in [0.4, 0.5) is 11.4 Å². The smallest absolute Gasteiger partial charge is 0.226 e. The summed E-state index contributed by atoms with van der Waals surface area (Å²) in [5, 5.41) is 7.69. The van der Waals surface area contributed by atoms with Crippen molar-refractivity contribution in [1.82, 2.24) is 0 Å². The summed E-state index contributed by atoms with van der Waals surface area (Å²) < 4.78 is 0. The van der Waals surface area contributed by atoms with Gasteiger partial charge < -0.3 is 10.6 Å². The Labute approximate surface area is 134 Å². The molecule has 1 aromatic carbocycles. The van der Waals surface area contributed by atoms with E-state index in [-0.39, 0.29) is 17.7 Å². The van der Waals surface area contributed by atoms with Gasteiger partial charge in [0, 0.05) is 28.6 Å². The van der Waals surface area contributed by atoms with Gasteiger partial charge in [-0.05, 0) is 42.1 Å². The van der Waals surface area contributed by atoms with Gasteiger partial charge in [0.1, 0.15) is 0 Å². The second kappa shape index (κ2) is 7.75. The Hall–Kier alpha value is -2.14. The number of anilines is 2. The monoisotopic (exact) mass is 316 g/mol. The minimum atomic E-state index is -0.0587. The highest BCUT2D eigenvalue weighted by molar-refractivity contribution is 7.09. The molecule has 2 aromatic rings. The molecule has 2 amide bonds. The maximum atomic E-state index is 11.9. The maximum absolute atomic E-state index is 11.9. The van der Waals surface area contributed by atoms with Crippen LogP contribution in [0.5, 0.6) is 0 Å². The molecule has 0 atom stereocenters. The van der Waals surface area contributed by atoms with Gasteiger partial charge >= 0.3 is 0 Å². The first kappa shape index (κ1) is 16.2. The molecule has 0 aliphatic carbocycles. The fourth-order valence-corrected chi connectivity index (χ4v) is 2.55. The van der Waals surface area contributed by atoms with Crippen molar-refractivity contribution in [1.29, 1.82) is 0 Å². The largest absolute Gasteiger partial charge is 0.326 e. The Bertz CT molecular complexity index is 619. The van der Waals surface area contributed by atoms with Crippen molar-refractivity contribution in [3.05, 3.63) is 46.7 Å². The van der Waals surface area contributed by atoms with Crippen molar-refractivity contribution in [2.75, 3.05) is 10.6 Å². The van der Waals surface area contributed by atoms with E-state index < -0.39 is 0 Å². The van der Waals surface area contributed by atoms with Gasteiger partial charge in [0.05, 0.1) is 0 Å². The van der Waals surface area contributed by atoms with Crippen molar-refractivity contribution in [2.45, 2.75) is 26.7 Å². The van der Waals surface area contributed by atoms with Gasteiger partial charge in [0.2, 0.25) is 11.8 Å². The van der Waals surface area contributed by atoms with Crippen LogP contribution in [0.1, 0.15) is 25.1 Å². The quantitative estimate of drug-likeness (QED) is 0.849. The molecule has 5 heteroatoms. The zero-order valence-corrected chi connectivity index (χ0v) is 13.6. The van der Waals surface area contributed by atoms with Crippen molar-refractivity contribution < 1.29 is 9.59 Å². The van der Waals surface area contributed by atoms with E-state index in [4.69, 9.17) is 0 Å². The van der Waals surface area contributed by atoms with E-state index in [1.54, 1.807) is 35.6 Å². The molecule has 4 nitrogen and oxygen atoms in total. The highest BCUT2D eigenvalue weighted by Crippen LogP contribution is 2.16. The summed E-state index contributed by atoms with van der Waals surface area (Å²) in [4.78, 5) is 24.7. The Morgan fingerprint density at radius 2 is 1.68 bits per heavy atom. The van der Waals surface area contributed by atoms with Crippen LogP contribution in [0.15, 0.2) is 41.8 Å². The van der Waals surface area contributed by atoms with Crippen molar-refractivity contribution in [3.8, 4) is 0 Å². The Balaban J connectivity index is 1.82. The van der Waals surface area contributed by atoms with Crippen LogP contribution in [0.2, 0.25) is 0 Å². The zero-order valence-electron chi connectivity index (χ0n) is 12.8. The van der Waals surface area contributed by atoms with E-state index in [1.165, 1.54) is 4.88 Å². The molecule has 0 bridgehead atoms. The lowest BCUT2D eigenvalue weighted by atomic mass is 10.2. The molecule has 22 heavy (non-hydrogen) atoms. The second-order valence-corrected chi connectivity index (χ2v) is 6.38. The molecular formula is C17H20N2O2S. The average molecular weight is 316 g/mol. The Morgan fingerprint density at radius 3 is 2.23 bits per heavy atom. The summed E-state index contributed by atoms with van der Waals surface area (Å²) >= 11 is 1.66. The van der Waals surface area contributed by atoms with Crippen LogP contribution in [0.3, 0.4) is 0 Å². The number of amides is 2. The van der Waals surface area contributed by atoms with E-state index in [0.717, 1.165) is 17.8 Å². The lowest BCUT2D eigenvalue weighted by Gasteiger charge is -2.09. The van der Waals surface area contributed by atoms with Crippen LogP contribution in [0.25, 0.3) is 0 Å². The third-order valence-electron chi connectivity index (χ3n) is 3.14. The molecular weight excluding hydrogens is 296 g/mol. The molecule has 0 aliphatic heterocycles. The Morgan fingerprint density at radius 1 is 1.05 bits per heavy atom. The molecule has 0 saturated heterocycles. The molecule has 1 aromatic heterocycles. The highest BCUT2D eigenvalue weighted by Gasteiger charge is 2.07. The predicted molar refractivity (Wildman–Crippen MR) is 91.2 cm³/mol. The molecule has 0 fully saturated rings. The third-order valence-corrected chi connectivity index (χ3v) is 4.08. The summed E-state index contributed by atoms with van der Waals surface area (Å²) in [5.74, 6) is -0.0864. The maximum Gasteiger partial charge on any atom is 0.226 e. The van der Waals surface area contributed by atoms with Gasteiger partial charge in [-0.25, -0.2) is 0 Å². The van der Waals surface area contributed by atoms with E-state index >= 15 is 0 Å². The summed E-state index contributed by atoms with van der Waals surface area (Å²) in [7, 11) is 0. The topological polar surface area (TPSA) is 58.2 Å². The predicted octanol–water partition coefficient (Wildman–Crippen LogP) is 3.91. The number of rotatable bonds is 6. The number of nitrogens with one attached hydrogen (secondary N) is 2. The van der Waals surface area contributed by atoms with E-state index in [0.29, 0.717) is 6.42 Å². The molecule has 0 unspecified atom stereocenters. The number of carbonyl (C=O) groups is 2. The van der Waals surface area contributed by atoms with Crippen LogP contribution >= 0.6 is 11.3 Å². The standard InChI is InChI=1S/C17H20N2O2S/c1-12(2)17(21)19-14-7-5-13(6-8-14)18-16(20)10-9-15-4-3-11-22-15/h3-8,11-12H,9-10H2,1-2H3,(H,18,20)(H,19,21). The summed E-state index contributed by atoms with van der Waals surface area (Å²) in [6, 6.07) is 11.2. The van der Waals surface area contributed by atoms with Gasteiger partial charge in [-0.2, -0.15) is 0 Å². The van der Waals surface area contributed by atoms with Crippen LogP contribution in [-0.4, -0.2) is 11.8 Å². The molecule has 2 N–H and O–H groups in total. The van der Waals surface area contributed by atoms with Gasteiger partial charge in [0.25, 0.3) is 0 Å². The van der Waals surface area contributed by atoms with Gasteiger partial charge in [-0.1, -0.05) is 19.9 Å². The first-order chi connectivity index (χ1) is 10.5. The fourth-order valence-electron chi connectivity index (χ4n) is 1.84. The lowest BCUT2D eigenvalue weighted by molar-refractivity contribution is -0.119. The normalized spacial score (nSPS) is 10.5. The van der Waals surface area contributed by atoms with E-state index in [2.05, 4.69) is 10.6 Å². The number of aryl methyl sites for hydroxylation is 1. The number of carbonyl (C=O) groups excluding carboxylic acids is 2. The van der Waals surface area contributed by atoms with Gasteiger partial charge in [-0.15, -0.1) is 11.3 Å². The van der Waals surface area contributed by atoms with Crippen molar-refractivity contribution in [2.24, 2.45) is 5.92 Å². The number of hydrogen-bond donors (Lipinski definition) is 2. The second-order valence-electron chi connectivity index (χ2n) is 5.35. The summed E-state index contributed by atoms with van der Waals surface area (Å²) in [5.41, 5.74) is 1.47. The molecule has 0 radical (unpaired) electrons. The number of hydrogen-bond acceptors (Lipinski definition) is 3. The molecule has 2 rings (SSSR count). The molecule has 1 heterocycles.